The summed E-state index contributed by atoms with van der Waals surface area (Å²) in [6.07, 6.45) is 0. The molecule has 0 saturated heterocycles. The van der Waals surface area contributed by atoms with Crippen LogP contribution in [0.5, 0.6) is 0 Å². The largest absolute Gasteiger partial charge is 0.375 e. The van der Waals surface area contributed by atoms with Crippen molar-refractivity contribution in [3.63, 3.8) is 0 Å². The zero-order chi connectivity index (χ0) is 12.2. The summed E-state index contributed by atoms with van der Waals surface area (Å²) in [6, 6.07) is 16.9. The molecule has 2 aliphatic heterocycles. The molecule has 0 bridgehead atoms. The maximum atomic E-state index is 3.29. The lowest BCUT2D eigenvalue weighted by molar-refractivity contribution is 0.765. The molecule has 4 rings (SSSR count). The van der Waals surface area contributed by atoms with E-state index in [1.807, 2.05) is 11.8 Å². The summed E-state index contributed by atoms with van der Waals surface area (Å²) in [5.74, 6) is 1.03. The number of fused-ring (bicyclic) bond motifs is 2. The first-order chi connectivity index (χ1) is 8.93. The summed E-state index contributed by atoms with van der Waals surface area (Å²) < 4.78 is 0. The van der Waals surface area contributed by atoms with E-state index in [2.05, 4.69) is 59.2 Å². The number of thioether (sulfide) groups is 1. The molecule has 2 aromatic rings. The second-order valence-electron chi connectivity index (χ2n) is 4.33. The second-order valence-corrected chi connectivity index (χ2v) is 5.35. The van der Waals surface area contributed by atoms with Crippen LogP contribution in [0.1, 0.15) is 11.1 Å². The van der Waals surface area contributed by atoms with Crippen LogP contribution >= 0.6 is 11.8 Å². The van der Waals surface area contributed by atoms with E-state index in [1.165, 1.54) is 21.7 Å². The van der Waals surface area contributed by atoms with E-state index in [4.69, 9.17) is 0 Å². The molecule has 0 spiro atoms. The fourth-order valence-corrected chi connectivity index (χ4v) is 3.02. The van der Waals surface area contributed by atoms with Crippen molar-refractivity contribution < 1.29 is 0 Å². The first-order valence-electron chi connectivity index (χ1n) is 6.17. The lowest BCUT2D eigenvalue weighted by atomic mass is 10.1. The molecular formula is C15H16N2S. The van der Waals surface area contributed by atoms with Gasteiger partial charge in [-0.3, -0.25) is 0 Å². The molecule has 2 nitrogen and oxygen atoms in total. The minimum Gasteiger partial charge on any atom is -0.375 e. The predicted octanol–water partition coefficient (Wildman–Crippen LogP) is 3.45. The molecule has 0 aromatic heterocycles. The number of anilines is 1. The number of hydrogen-bond acceptors (Lipinski definition) is 3. The van der Waals surface area contributed by atoms with E-state index in [0.717, 1.165) is 19.0 Å². The quantitative estimate of drug-likeness (QED) is 0.755. The van der Waals surface area contributed by atoms with Crippen molar-refractivity contribution >= 4 is 17.4 Å². The maximum Gasteiger partial charge on any atom is 0.0658 e. The van der Waals surface area contributed by atoms with Gasteiger partial charge in [0, 0.05) is 23.7 Å². The Labute approximate surface area is 112 Å². The molecular weight excluding hydrogens is 240 g/mol. The van der Waals surface area contributed by atoms with Gasteiger partial charge in [0.1, 0.15) is 0 Å². The van der Waals surface area contributed by atoms with Gasteiger partial charge in [-0.05, 0) is 23.3 Å². The lowest BCUT2D eigenvalue weighted by Crippen LogP contribution is -1.99. The SMILES string of the molecule is c1ccc2c(c1)CNC2.c1ccc2c(c1)NCS2. The van der Waals surface area contributed by atoms with Gasteiger partial charge < -0.3 is 10.6 Å². The summed E-state index contributed by atoms with van der Waals surface area (Å²) >= 11 is 1.86. The van der Waals surface area contributed by atoms with Crippen molar-refractivity contribution in [1.29, 1.82) is 0 Å². The van der Waals surface area contributed by atoms with Gasteiger partial charge in [-0.15, -0.1) is 11.8 Å². The Kier molecular flexibility index (Phi) is 3.53. The van der Waals surface area contributed by atoms with Gasteiger partial charge in [-0.1, -0.05) is 36.4 Å². The monoisotopic (exact) mass is 256 g/mol. The number of hydrogen-bond donors (Lipinski definition) is 2. The predicted molar refractivity (Wildman–Crippen MR) is 77.8 cm³/mol. The van der Waals surface area contributed by atoms with Crippen LogP contribution in [0.3, 0.4) is 0 Å². The van der Waals surface area contributed by atoms with E-state index in [9.17, 15) is 0 Å². The third kappa shape index (κ3) is 2.52. The molecule has 2 heterocycles. The Bertz CT molecular complexity index is 444. The average Bonchev–Trinajstić information content (AvgIpc) is 3.08. The molecule has 0 fully saturated rings. The van der Waals surface area contributed by atoms with E-state index < -0.39 is 0 Å². The molecule has 0 unspecified atom stereocenters. The fourth-order valence-electron chi connectivity index (χ4n) is 2.16. The number of nitrogens with one attached hydrogen (secondary N) is 2. The molecule has 18 heavy (non-hydrogen) atoms. The second kappa shape index (κ2) is 5.46. The summed E-state index contributed by atoms with van der Waals surface area (Å²) in [5, 5.41) is 6.55. The molecule has 2 N–H and O–H groups in total. The smallest absolute Gasteiger partial charge is 0.0658 e. The maximum absolute atomic E-state index is 3.29. The van der Waals surface area contributed by atoms with E-state index >= 15 is 0 Å². The third-order valence-corrected chi connectivity index (χ3v) is 4.08. The Morgan fingerprint density at radius 1 is 0.833 bits per heavy atom. The van der Waals surface area contributed by atoms with Crippen molar-refractivity contribution in [2.45, 2.75) is 18.0 Å². The van der Waals surface area contributed by atoms with Gasteiger partial charge in [0.2, 0.25) is 0 Å². The van der Waals surface area contributed by atoms with E-state index in [-0.39, 0.29) is 0 Å². The van der Waals surface area contributed by atoms with Crippen LogP contribution < -0.4 is 10.6 Å². The van der Waals surface area contributed by atoms with Gasteiger partial charge in [0.15, 0.2) is 0 Å². The first-order valence-corrected chi connectivity index (χ1v) is 7.15. The highest BCUT2D eigenvalue weighted by atomic mass is 32.2. The van der Waals surface area contributed by atoms with Crippen LogP contribution in [0.15, 0.2) is 53.4 Å². The highest BCUT2D eigenvalue weighted by molar-refractivity contribution is 7.99. The molecule has 0 radical (unpaired) electrons. The van der Waals surface area contributed by atoms with Crippen molar-refractivity contribution in [3.8, 4) is 0 Å². The molecule has 0 aliphatic carbocycles. The van der Waals surface area contributed by atoms with Crippen LogP contribution in [-0.2, 0) is 13.1 Å². The van der Waals surface area contributed by atoms with Gasteiger partial charge in [-0.2, -0.15) is 0 Å². The Hall–Kier alpha value is -1.45. The van der Waals surface area contributed by atoms with Gasteiger partial charge in [-0.25, -0.2) is 0 Å². The normalized spacial score (nSPS) is 15.1. The van der Waals surface area contributed by atoms with Crippen LogP contribution in [0.2, 0.25) is 0 Å². The van der Waals surface area contributed by atoms with Crippen LogP contribution in [0, 0.1) is 0 Å². The highest BCUT2D eigenvalue weighted by Crippen LogP contribution is 2.32. The summed E-state index contributed by atoms with van der Waals surface area (Å²) in [7, 11) is 0. The first kappa shape index (κ1) is 11.6. The zero-order valence-corrected chi connectivity index (χ0v) is 11.0. The Morgan fingerprint density at radius 3 is 2.22 bits per heavy atom. The standard InChI is InChI=1S/C8H9N.C7H7NS/c1-2-4-8-6-9-5-7(8)3-1;1-2-4-7-6(3-1)8-5-9-7/h1-4,9H,5-6H2;1-4,8H,5H2. The highest BCUT2D eigenvalue weighted by Gasteiger charge is 2.07. The van der Waals surface area contributed by atoms with E-state index in [1.54, 1.807) is 0 Å². The minimum absolute atomic E-state index is 1.03. The molecule has 2 aliphatic rings. The minimum atomic E-state index is 1.03. The Balaban J connectivity index is 0.000000111. The third-order valence-electron chi connectivity index (χ3n) is 3.13. The van der Waals surface area contributed by atoms with Crippen LogP contribution in [0.4, 0.5) is 5.69 Å². The molecule has 92 valence electrons. The van der Waals surface area contributed by atoms with Gasteiger partial charge in [0.05, 0.1) is 5.88 Å². The molecule has 0 atom stereocenters. The summed E-state index contributed by atoms with van der Waals surface area (Å²) in [4.78, 5) is 1.37. The van der Waals surface area contributed by atoms with Crippen molar-refractivity contribution in [3.05, 3.63) is 59.7 Å². The molecule has 0 saturated carbocycles. The van der Waals surface area contributed by atoms with Crippen LogP contribution in [-0.4, -0.2) is 5.88 Å². The van der Waals surface area contributed by atoms with Crippen molar-refractivity contribution in [2.75, 3.05) is 11.2 Å². The topological polar surface area (TPSA) is 24.1 Å². The number of para-hydroxylation sites is 1. The van der Waals surface area contributed by atoms with Gasteiger partial charge in [0.25, 0.3) is 0 Å². The Morgan fingerprint density at radius 2 is 1.50 bits per heavy atom. The average molecular weight is 256 g/mol. The number of benzene rings is 2. The number of rotatable bonds is 0. The molecule has 0 amide bonds. The van der Waals surface area contributed by atoms with Gasteiger partial charge >= 0.3 is 0 Å². The van der Waals surface area contributed by atoms with Crippen LogP contribution in [0.25, 0.3) is 0 Å². The summed E-state index contributed by atoms with van der Waals surface area (Å²) in [6.45, 7) is 2.10. The summed E-state index contributed by atoms with van der Waals surface area (Å²) in [5.41, 5.74) is 4.19. The fraction of sp³-hybridized carbons (Fsp3) is 0.200. The lowest BCUT2D eigenvalue weighted by Gasteiger charge is -1.92. The van der Waals surface area contributed by atoms with E-state index in [0.29, 0.717) is 0 Å². The molecule has 3 heteroatoms. The van der Waals surface area contributed by atoms with Crippen molar-refractivity contribution in [2.24, 2.45) is 0 Å². The molecule has 2 aromatic carbocycles. The van der Waals surface area contributed by atoms with Crippen molar-refractivity contribution in [1.82, 2.24) is 5.32 Å². The zero-order valence-electron chi connectivity index (χ0n) is 10.1.